The number of allylic oxidation sites excluding steroid dienone is 2. The Balaban J connectivity index is 2.01. The summed E-state index contributed by atoms with van der Waals surface area (Å²) in [6, 6.07) is 24.3. The van der Waals surface area contributed by atoms with E-state index in [2.05, 4.69) is 49.6 Å². The molecule has 0 heterocycles. The molecule has 0 atom stereocenters. The lowest BCUT2D eigenvalue weighted by atomic mass is 9.99. The van der Waals surface area contributed by atoms with Crippen molar-refractivity contribution in [1.29, 1.82) is 10.5 Å². The highest BCUT2D eigenvalue weighted by atomic mass is 16.5. The fraction of sp³-hybridized carbons (Fsp3) is 0.294. The number of hydrogen-bond acceptors (Lipinski definition) is 6. The molecule has 3 aromatic carbocycles. The normalized spacial score (nSPS) is 11.4. The summed E-state index contributed by atoms with van der Waals surface area (Å²) in [7, 11) is 3.18. The quantitative estimate of drug-likeness (QED) is 0.177. The van der Waals surface area contributed by atoms with Gasteiger partial charge in [-0.05, 0) is 87.4 Å². The molecule has 0 aliphatic heterocycles. The lowest BCUT2D eigenvalue weighted by molar-refractivity contribution is 0.401. The maximum Gasteiger partial charge on any atom is 0.126 e. The molecule has 0 saturated carbocycles. The van der Waals surface area contributed by atoms with Crippen molar-refractivity contribution < 1.29 is 9.47 Å². The Morgan fingerprint density at radius 2 is 0.950 bits per heavy atom. The van der Waals surface area contributed by atoms with Gasteiger partial charge in [0.15, 0.2) is 0 Å². The average Bonchev–Trinajstić information content (AvgIpc) is 3.00. The molecule has 0 aliphatic carbocycles. The highest BCUT2D eigenvalue weighted by Crippen LogP contribution is 2.34. The van der Waals surface area contributed by atoms with Gasteiger partial charge in [-0.15, -0.1) is 0 Å². The predicted octanol–water partition coefficient (Wildman–Crippen LogP) is 7.52. The van der Waals surface area contributed by atoms with Crippen molar-refractivity contribution in [3.63, 3.8) is 0 Å². The standard InChI is InChI=1S/C34H38N4O2/c1-7-37(8-2)31-15-11-25(12-16-31)29(23-35)19-27-21-34(40-6)28(22-33(27)39-5)20-30(24-36)26-13-17-32(18-14-26)38(9-3)10-4/h11-22H,7-10H2,1-6H3/b29-19+,30-20+. The van der Waals surface area contributed by atoms with Crippen LogP contribution in [0.4, 0.5) is 11.4 Å². The van der Waals surface area contributed by atoms with E-state index < -0.39 is 0 Å². The first-order valence-corrected chi connectivity index (χ1v) is 13.7. The first-order chi connectivity index (χ1) is 19.5. The van der Waals surface area contributed by atoms with Gasteiger partial charge in [0, 0.05) is 48.7 Å². The van der Waals surface area contributed by atoms with Gasteiger partial charge in [0.25, 0.3) is 0 Å². The van der Waals surface area contributed by atoms with E-state index in [-0.39, 0.29) is 0 Å². The zero-order valence-electron chi connectivity index (χ0n) is 24.4. The van der Waals surface area contributed by atoms with E-state index in [1.54, 1.807) is 26.4 Å². The van der Waals surface area contributed by atoms with Crippen molar-refractivity contribution in [2.45, 2.75) is 27.7 Å². The van der Waals surface area contributed by atoms with Gasteiger partial charge < -0.3 is 19.3 Å². The Bertz CT molecular complexity index is 1310. The maximum absolute atomic E-state index is 9.97. The van der Waals surface area contributed by atoms with Crippen LogP contribution in [0.2, 0.25) is 0 Å². The molecule has 0 aliphatic rings. The maximum atomic E-state index is 9.97. The minimum Gasteiger partial charge on any atom is -0.496 e. The number of nitriles is 2. The summed E-state index contributed by atoms with van der Waals surface area (Å²) >= 11 is 0. The highest BCUT2D eigenvalue weighted by molar-refractivity contribution is 5.94. The molecule has 0 spiro atoms. The van der Waals surface area contributed by atoms with Crippen molar-refractivity contribution in [1.82, 2.24) is 0 Å². The van der Waals surface area contributed by atoms with Crippen molar-refractivity contribution in [3.05, 3.63) is 82.9 Å². The van der Waals surface area contributed by atoms with Gasteiger partial charge in [0.2, 0.25) is 0 Å². The second kappa shape index (κ2) is 14.5. The molecule has 0 radical (unpaired) electrons. The van der Waals surface area contributed by atoms with Crippen LogP contribution >= 0.6 is 0 Å². The molecular weight excluding hydrogens is 496 g/mol. The number of benzene rings is 3. The third-order valence-electron chi connectivity index (χ3n) is 7.04. The van der Waals surface area contributed by atoms with Gasteiger partial charge in [-0.1, -0.05) is 24.3 Å². The molecule has 3 rings (SSSR count). The number of hydrogen-bond donors (Lipinski definition) is 0. The van der Waals surface area contributed by atoms with Crippen LogP contribution in [-0.2, 0) is 0 Å². The largest absolute Gasteiger partial charge is 0.496 e. The summed E-state index contributed by atoms with van der Waals surface area (Å²) in [4.78, 5) is 4.52. The third kappa shape index (κ3) is 6.84. The number of methoxy groups -OCH3 is 2. The average molecular weight is 535 g/mol. The van der Waals surface area contributed by atoms with Gasteiger partial charge >= 0.3 is 0 Å². The zero-order chi connectivity index (χ0) is 29.1. The van der Waals surface area contributed by atoms with Crippen molar-refractivity contribution in [2.24, 2.45) is 0 Å². The number of anilines is 2. The van der Waals surface area contributed by atoms with Crippen LogP contribution in [0.15, 0.2) is 60.7 Å². The summed E-state index contributed by atoms with van der Waals surface area (Å²) in [6.07, 6.45) is 3.61. The van der Waals surface area contributed by atoms with E-state index in [9.17, 15) is 10.5 Å². The molecule has 0 bridgehead atoms. The summed E-state index contributed by atoms with van der Waals surface area (Å²) in [5.41, 5.74) is 6.34. The summed E-state index contributed by atoms with van der Waals surface area (Å²) in [5.74, 6) is 1.16. The molecule has 0 fully saturated rings. The Kier molecular flexibility index (Phi) is 10.8. The molecule has 0 saturated heterocycles. The molecular formula is C34H38N4O2. The first-order valence-electron chi connectivity index (χ1n) is 13.7. The molecule has 206 valence electrons. The van der Waals surface area contributed by atoms with Crippen molar-refractivity contribution in [2.75, 3.05) is 50.2 Å². The van der Waals surface area contributed by atoms with E-state index >= 15 is 0 Å². The number of ether oxygens (including phenoxy) is 2. The predicted molar refractivity (Wildman–Crippen MR) is 167 cm³/mol. The van der Waals surface area contributed by atoms with Gasteiger partial charge in [-0.25, -0.2) is 0 Å². The van der Waals surface area contributed by atoms with Crippen LogP contribution in [0.25, 0.3) is 23.3 Å². The van der Waals surface area contributed by atoms with Gasteiger partial charge in [0.1, 0.15) is 11.5 Å². The molecule has 3 aromatic rings. The van der Waals surface area contributed by atoms with Crippen LogP contribution in [0.3, 0.4) is 0 Å². The fourth-order valence-corrected chi connectivity index (χ4v) is 4.72. The second-order valence-corrected chi connectivity index (χ2v) is 9.11. The molecule has 6 nitrogen and oxygen atoms in total. The van der Waals surface area contributed by atoms with E-state index in [1.807, 2.05) is 60.7 Å². The monoisotopic (exact) mass is 534 g/mol. The Hall–Kier alpha value is -4.68. The highest BCUT2D eigenvalue weighted by Gasteiger charge is 2.13. The van der Waals surface area contributed by atoms with Crippen molar-refractivity contribution in [3.8, 4) is 23.6 Å². The molecule has 0 unspecified atom stereocenters. The van der Waals surface area contributed by atoms with Gasteiger partial charge in [-0.2, -0.15) is 10.5 Å². The first kappa shape index (κ1) is 29.9. The Morgan fingerprint density at radius 3 is 1.20 bits per heavy atom. The Labute approximate surface area is 239 Å². The number of nitrogens with zero attached hydrogens (tertiary/aromatic N) is 4. The summed E-state index contributed by atoms with van der Waals surface area (Å²) in [5, 5.41) is 19.9. The third-order valence-corrected chi connectivity index (χ3v) is 7.04. The molecule has 0 amide bonds. The molecule has 0 aromatic heterocycles. The smallest absolute Gasteiger partial charge is 0.126 e. The van der Waals surface area contributed by atoms with E-state index in [0.717, 1.165) is 48.7 Å². The number of rotatable bonds is 12. The van der Waals surface area contributed by atoms with Crippen molar-refractivity contribution >= 4 is 34.7 Å². The zero-order valence-corrected chi connectivity index (χ0v) is 24.4. The minimum absolute atomic E-state index is 0.515. The lowest BCUT2D eigenvalue weighted by Crippen LogP contribution is -2.21. The van der Waals surface area contributed by atoms with Gasteiger partial charge in [-0.3, -0.25) is 0 Å². The molecule has 40 heavy (non-hydrogen) atoms. The van der Waals surface area contributed by atoms with Crippen LogP contribution in [-0.4, -0.2) is 40.4 Å². The van der Waals surface area contributed by atoms with Crippen LogP contribution in [0.1, 0.15) is 49.9 Å². The second-order valence-electron chi connectivity index (χ2n) is 9.11. The fourth-order valence-electron chi connectivity index (χ4n) is 4.72. The SMILES string of the molecule is CCN(CC)c1ccc(/C(C#N)=C/c2cc(OC)c(/C=C(\C#N)c3ccc(N(CC)CC)cc3)cc2OC)cc1. The summed E-state index contributed by atoms with van der Waals surface area (Å²) in [6.45, 7) is 12.2. The van der Waals surface area contributed by atoms with E-state index in [0.29, 0.717) is 33.8 Å². The van der Waals surface area contributed by atoms with Crippen LogP contribution in [0.5, 0.6) is 11.5 Å². The Morgan fingerprint density at radius 1 is 0.625 bits per heavy atom. The van der Waals surface area contributed by atoms with E-state index in [4.69, 9.17) is 9.47 Å². The molecule has 0 N–H and O–H groups in total. The summed E-state index contributed by atoms with van der Waals surface area (Å²) < 4.78 is 11.4. The van der Waals surface area contributed by atoms with E-state index in [1.165, 1.54) is 0 Å². The minimum atomic E-state index is 0.515. The lowest BCUT2D eigenvalue weighted by Gasteiger charge is -2.21. The van der Waals surface area contributed by atoms with Gasteiger partial charge in [0.05, 0.1) is 37.5 Å². The van der Waals surface area contributed by atoms with Crippen LogP contribution in [0, 0.1) is 22.7 Å². The van der Waals surface area contributed by atoms with Crippen LogP contribution < -0.4 is 19.3 Å². The molecule has 6 heteroatoms. The topological polar surface area (TPSA) is 72.5 Å².